The lowest BCUT2D eigenvalue weighted by atomic mass is 10.3. The van der Waals surface area contributed by atoms with Crippen molar-refractivity contribution in [2.24, 2.45) is 27.2 Å². The number of nitrogens with zero attached hydrogens (tertiary/aromatic N) is 3. The highest BCUT2D eigenvalue weighted by Gasteiger charge is 2.10. The Balaban J connectivity index is 1.97. The summed E-state index contributed by atoms with van der Waals surface area (Å²) in [5.74, 6) is -0.193. The van der Waals surface area contributed by atoms with E-state index in [9.17, 15) is 0 Å². The summed E-state index contributed by atoms with van der Waals surface area (Å²) in [5.41, 5.74) is 17.9. The topological polar surface area (TPSA) is 116 Å². The minimum Gasteiger partial charge on any atom is -0.370 e. The van der Waals surface area contributed by atoms with Crippen LogP contribution < -0.4 is 17.2 Å². The van der Waals surface area contributed by atoms with Gasteiger partial charge in [0.2, 0.25) is 5.96 Å². The molecule has 1 heterocycles. The number of thiazole rings is 1. The summed E-state index contributed by atoms with van der Waals surface area (Å²) in [7, 11) is 0. The molecule has 0 amide bonds. The van der Waals surface area contributed by atoms with E-state index in [-0.39, 0.29) is 11.9 Å². The zero-order chi connectivity index (χ0) is 17.1. The van der Waals surface area contributed by atoms with Crippen molar-refractivity contribution < 1.29 is 0 Å². The van der Waals surface area contributed by atoms with E-state index in [2.05, 4.69) is 15.0 Å². The number of halogens is 1. The van der Waals surface area contributed by atoms with Crippen LogP contribution in [0.1, 0.15) is 0 Å². The van der Waals surface area contributed by atoms with Gasteiger partial charge in [-0.25, -0.2) is 9.98 Å². The van der Waals surface area contributed by atoms with Crippen LogP contribution in [-0.2, 0) is 0 Å². The normalized spacial score (nSPS) is 11.6. The van der Waals surface area contributed by atoms with Crippen LogP contribution in [0.3, 0.4) is 0 Å². The van der Waals surface area contributed by atoms with Gasteiger partial charge in [-0.05, 0) is 30.3 Å². The third kappa shape index (κ3) is 3.97. The number of hydrogen-bond donors (Lipinski definition) is 3. The van der Waals surface area contributed by atoms with Gasteiger partial charge in [-0.1, -0.05) is 35.5 Å². The molecule has 3 rings (SSSR count). The molecular weight excluding hydrogens is 364 g/mol. The number of aromatic nitrogens is 1. The number of fused-ring (bicyclic) bond motifs is 1. The number of rotatable bonds is 3. The fraction of sp³-hybridized carbons (Fsp3) is 0. The molecule has 1 aromatic heterocycles. The van der Waals surface area contributed by atoms with Crippen LogP contribution in [0.4, 0.5) is 5.69 Å². The van der Waals surface area contributed by atoms with Crippen molar-refractivity contribution in [2.45, 2.75) is 9.24 Å². The maximum absolute atomic E-state index is 6.06. The lowest BCUT2D eigenvalue weighted by Gasteiger charge is -2.04. The fourth-order valence-electron chi connectivity index (χ4n) is 1.93. The lowest BCUT2D eigenvalue weighted by Crippen LogP contribution is -2.26. The second kappa shape index (κ2) is 7.08. The molecule has 24 heavy (non-hydrogen) atoms. The number of benzene rings is 2. The van der Waals surface area contributed by atoms with Crippen LogP contribution >= 0.6 is 34.7 Å². The molecule has 0 bridgehead atoms. The van der Waals surface area contributed by atoms with Gasteiger partial charge in [-0.3, -0.25) is 0 Å². The number of nitrogens with two attached hydrogens (primary N) is 3. The van der Waals surface area contributed by atoms with Crippen molar-refractivity contribution in [3.8, 4) is 0 Å². The first-order valence-corrected chi connectivity index (χ1v) is 8.79. The molecule has 0 spiro atoms. The Kier molecular flexibility index (Phi) is 4.89. The molecule has 0 radical (unpaired) electrons. The maximum atomic E-state index is 6.06. The fourth-order valence-corrected chi connectivity index (χ4v) is 4.18. The zero-order valence-electron chi connectivity index (χ0n) is 12.3. The standard InChI is InChI=1S/C15H13ClN6S2/c16-8-5-6-12(10(7-8)20-14(19)22-13(17)18)24-15-21-9-3-1-2-4-11(9)23-15/h1-7H,(H6,17,18,19,20,22). The third-order valence-corrected chi connectivity index (χ3v) is 5.27. The average Bonchev–Trinajstić information content (AvgIpc) is 2.91. The number of hydrogen-bond acceptors (Lipinski definition) is 4. The Morgan fingerprint density at radius 3 is 2.67 bits per heavy atom. The molecule has 0 saturated heterocycles. The molecule has 0 aliphatic rings. The van der Waals surface area contributed by atoms with Crippen molar-refractivity contribution >= 4 is 62.5 Å². The molecule has 0 atom stereocenters. The molecule has 0 unspecified atom stereocenters. The van der Waals surface area contributed by atoms with Crippen LogP contribution in [0.2, 0.25) is 5.02 Å². The SMILES string of the molecule is NC(N)=NC(N)=Nc1cc(Cl)ccc1Sc1nc2ccccc2s1. The van der Waals surface area contributed by atoms with Gasteiger partial charge in [0.05, 0.1) is 15.9 Å². The average molecular weight is 377 g/mol. The van der Waals surface area contributed by atoms with Crippen LogP contribution in [0.5, 0.6) is 0 Å². The smallest absolute Gasteiger partial charge is 0.223 e. The minimum atomic E-state index is -0.154. The van der Waals surface area contributed by atoms with E-state index in [1.54, 1.807) is 23.5 Å². The van der Waals surface area contributed by atoms with Gasteiger partial charge in [-0.2, -0.15) is 4.99 Å². The second-order valence-electron chi connectivity index (χ2n) is 4.67. The van der Waals surface area contributed by atoms with Gasteiger partial charge in [0.25, 0.3) is 0 Å². The van der Waals surface area contributed by atoms with Crippen LogP contribution in [0.15, 0.2) is 61.7 Å². The Morgan fingerprint density at radius 2 is 1.92 bits per heavy atom. The molecule has 6 N–H and O–H groups in total. The number of para-hydroxylation sites is 1. The Morgan fingerprint density at radius 1 is 1.12 bits per heavy atom. The predicted octanol–water partition coefficient (Wildman–Crippen LogP) is 3.32. The van der Waals surface area contributed by atoms with Crippen molar-refractivity contribution in [1.29, 1.82) is 0 Å². The molecule has 9 heteroatoms. The molecular formula is C15H13ClN6S2. The van der Waals surface area contributed by atoms with Crippen LogP contribution in [0, 0.1) is 0 Å². The first-order valence-electron chi connectivity index (χ1n) is 6.78. The van der Waals surface area contributed by atoms with Gasteiger partial charge in [0, 0.05) is 9.92 Å². The molecule has 0 aliphatic carbocycles. The Labute approximate surface area is 151 Å². The number of guanidine groups is 2. The molecule has 0 aliphatic heterocycles. The summed E-state index contributed by atoms with van der Waals surface area (Å²) in [6.45, 7) is 0. The van der Waals surface area contributed by atoms with Gasteiger partial charge < -0.3 is 17.2 Å². The van der Waals surface area contributed by atoms with E-state index < -0.39 is 0 Å². The van der Waals surface area contributed by atoms with Gasteiger partial charge in [-0.15, -0.1) is 11.3 Å². The van der Waals surface area contributed by atoms with E-state index in [1.165, 1.54) is 11.8 Å². The molecule has 0 saturated carbocycles. The molecule has 0 fully saturated rings. The minimum absolute atomic E-state index is 0.0385. The van der Waals surface area contributed by atoms with E-state index in [4.69, 9.17) is 28.8 Å². The lowest BCUT2D eigenvalue weighted by molar-refractivity contribution is 1.28. The van der Waals surface area contributed by atoms with Gasteiger partial charge in [0.15, 0.2) is 10.3 Å². The summed E-state index contributed by atoms with van der Waals surface area (Å²) in [6.07, 6.45) is 0. The molecule has 122 valence electrons. The summed E-state index contributed by atoms with van der Waals surface area (Å²) in [6, 6.07) is 13.3. The first kappa shape index (κ1) is 16.6. The van der Waals surface area contributed by atoms with Crippen molar-refractivity contribution in [2.75, 3.05) is 0 Å². The maximum Gasteiger partial charge on any atom is 0.223 e. The largest absolute Gasteiger partial charge is 0.370 e. The van der Waals surface area contributed by atoms with Crippen LogP contribution in [0.25, 0.3) is 10.2 Å². The summed E-state index contributed by atoms with van der Waals surface area (Å²) >= 11 is 9.15. The Bertz CT molecular complexity index is 913. The quantitative estimate of drug-likeness (QED) is 0.479. The van der Waals surface area contributed by atoms with E-state index in [0.29, 0.717) is 10.7 Å². The second-order valence-corrected chi connectivity index (χ2v) is 7.42. The third-order valence-electron chi connectivity index (χ3n) is 2.87. The molecule has 6 nitrogen and oxygen atoms in total. The molecule has 2 aromatic carbocycles. The summed E-state index contributed by atoms with van der Waals surface area (Å²) < 4.78 is 2.02. The Hall–Kier alpha value is -2.29. The van der Waals surface area contributed by atoms with Crippen molar-refractivity contribution in [3.05, 3.63) is 47.5 Å². The predicted molar refractivity (Wildman–Crippen MR) is 102 cm³/mol. The van der Waals surface area contributed by atoms with Crippen LogP contribution in [-0.4, -0.2) is 16.9 Å². The van der Waals surface area contributed by atoms with Gasteiger partial charge in [0.1, 0.15) is 0 Å². The van der Waals surface area contributed by atoms with Crippen molar-refractivity contribution in [3.63, 3.8) is 0 Å². The highest BCUT2D eigenvalue weighted by Crippen LogP contribution is 2.39. The zero-order valence-corrected chi connectivity index (χ0v) is 14.7. The van der Waals surface area contributed by atoms with E-state index in [1.807, 2.05) is 30.3 Å². The molecule has 3 aromatic rings. The van der Waals surface area contributed by atoms with Gasteiger partial charge >= 0.3 is 0 Å². The highest BCUT2D eigenvalue weighted by molar-refractivity contribution is 8.01. The highest BCUT2D eigenvalue weighted by atomic mass is 35.5. The van der Waals surface area contributed by atoms with E-state index in [0.717, 1.165) is 19.5 Å². The summed E-state index contributed by atoms with van der Waals surface area (Å²) in [4.78, 5) is 13.4. The van der Waals surface area contributed by atoms with Crippen molar-refractivity contribution in [1.82, 2.24) is 4.98 Å². The number of aliphatic imine (C=N–C) groups is 2. The summed E-state index contributed by atoms with van der Waals surface area (Å²) in [5, 5.41) is 0.542. The first-order chi connectivity index (χ1) is 11.5. The van der Waals surface area contributed by atoms with E-state index >= 15 is 0 Å². The monoisotopic (exact) mass is 376 g/mol.